The second-order valence-electron chi connectivity index (χ2n) is 5.84. The number of Topliss-reactive ketones (excluding diaryl/α,β-unsaturated/α-hetero) is 1. The minimum atomic E-state index is 0.224. The van der Waals surface area contributed by atoms with Crippen LogP contribution in [0.4, 0.5) is 0 Å². The third-order valence-corrected chi connectivity index (χ3v) is 4.05. The molecule has 1 aromatic rings. The van der Waals surface area contributed by atoms with Crippen molar-refractivity contribution in [1.29, 1.82) is 0 Å². The molecule has 0 fully saturated rings. The predicted octanol–water partition coefficient (Wildman–Crippen LogP) is 5.75. The van der Waals surface area contributed by atoms with Crippen LogP contribution in [0.5, 0.6) is 0 Å². The normalized spacial score (nSPS) is 11.2. The number of nitrogens with one attached hydrogen (secondary N) is 1. The molecule has 0 atom stereocenters. The Balaban J connectivity index is 2.43. The highest BCUT2D eigenvalue weighted by molar-refractivity contribution is 5.96. The number of hydrogen-bond acceptors (Lipinski definition) is 1. The van der Waals surface area contributed by atoms with E-state index in [-0.39, 0.29) is 5.92 Å². The van der Waals surface area contributed by atoms with E-state index in [4.69, 9.17) is 0 Å². The lowest BCUT2D eigenvalue weighted by atomic mass is 9.89. The number of unbranched alkanes of at least 4 members (excludes halogenated alkanes) is 6. The molecular formula is C18H31NO. The number of H-pyrrole nitrogens is 1. The lowest BCUT2D eigenvalue weighted by molar-refractivity contribution is 0.0897. The summed E-state index contributed by atoms with van der Waals surface area (Å²) in [4.78, 5) is 15.6. The highest BCUT2D eigenvalue weighted by atomic mass is 16.1. The molecule has 1 rings (SSSR count). The van der Waals surface area contributed by atoms with Crippen LogP contribution in [0.3, 0.4) is 0 Å². The van der Waals surface area contributed by atoms with Crippen molar-refractivity contribution in [2.24, 2.45) is 5.92 Å². The fourth-order valence-electron chi connectivity index (χ4n) is 2.75. The molecule has 0 aliphatic carbocycles. The summed E-state index contributed by atoms with van der Waals surface area (Å²) < 4.78 is 0. The first-order valence-corrected chi connectivity index (χ1v) is 8.47. The predicted molar refractivity (Wildman–Crippen MR) is 86.1 cm³/mol. The number of rotatable bonds is 12. The molecule has 0 radical (unpaired) electrons. The summed E-state index contributed by atoms with van der Waals surface area (Å²) in [6.45, 7) is 4.46. The monoisotopic (exact) mass is 277 g/mol. The number of aromatic amines is 1. The molecule has 0 amide bonds. The van der Waals surface area contributed by atoms with Crippen LogP contribution in [-0.2, 0) is 0 Å². The van der Waals surface area contributed by atoms with E-state index in [0.717, 1.165) is 18.5 Å². The number of ketones is 1. The van der Waals surface area contributed by atoms with Gasteiger partial charge in [0.1, 0.15) is 0 Å². The Morgan fingerprint density at radius 2 is 1.60 bits per heavy atom. The first-order chi connectivity index (χ1) is 9.79. The van der Waals surface area contributed by atoms with Gasteiger partial charge in [-0.15, -0.1) is 0 Å². The fourth-order valence-corrected chi connectivity index (χ4v) is 2.75. The number of carbonyl (C=O) groups excluding carboxylic acids is 1. The van der Waals surface area contributed by atoms with Gasteiger partial charge in [-0.3, -0.25) is 4.79 Å². The molecule has 0 saturated heterocycles. The van der Waals surface area contributed by atoms with Gasteiger partial charge in [0, 0.05) is 12.1 Å². The van der Waals surface area contributed by atoms with E-state index in [2.05, 4.69) is 18.8 Å². The van der Waals surface area contributed by atoms with Crippen LogP contribution in [-0.4, -0.2) is 10.8 Å². The molecule has 0 aliphatic heterocycles. The van der Waals surface area contributed by atoms with Gasteiger partial charge in [-0.1, -0.05) is 65.2 Å². The van der Waals surface area contributed by atoms with Crippen LogP contribution in [0.1, 0.15) is 88.5 Å². The van der Waals surface area contributed by atoms with Gasteiger partial charge >= 0.3 is 0 Å². The summed E-state index contributed by atoms with van der Waals surface area (Å²) in [5.41, 5.74) is 0.793. The molecule has 2 heteroatoms. The van der Waals surface area contributed by atoms with Gasteiger partial charge in [0.05, 0.1) is 5.69 Å². The van der Waals surface area contributed by atoms with Gasteiger partial charge in [0.25, 0.3) is 0 Å². The van der Waals surface area contributed by atoms with Crippen molar-refractivity contribution in [2.45, 2.75) is 78.1 Å². The molecule has 0 aromatic carbocycles. The zero-order chi connectivity index (χ0) is 14.6. The van der Waals surface area contributed by atoms with Gasteiger partial charge in [-0.05, 0) is 25.0 Å². The zero-order valence-electron chi connectivity index (χ0n) is 13.3. The highest BCUT2D eigenvalue weighted by Gasteiger charge is 2.19. The molecule has 0 spiro atoms. The molecule has 1 N–H and O–H groups in total. The first-order valence-electron chi connectivity index (χ1n) is 8.47. The maximum Gasteiger partial charge on any atom is 0.182 e. The average molecular weight is 277 g/mol. The van der Waals surface area contributed by atoms with Crippen molar-refractivity contribution >= 4 is 5.78 Å². The summed E-state index contributed by atoms with van der Waals surface area (Å²) >= 11 is 0. The Bertz CT molecular complexity index is 330. The third kappa shape index (κ3) is 6.40. The molecule has 1 aromatic heterocycles. The fraction of sp³-hybridized carbons (Fsp3) is 0.722. The molecule has 2 nitrogen and oxygen atoms in total. The number of hydrogen-bond donors (Lipinski definition) is 1. The highest BCUT2D eigenvalue weighted by Crippen LogP contribution is 2.22. The third-order valence-electron chi connectivity index (χ3n) is 4.05. The maximum atomic E-state index is 12.5. The van der Waals surface area contributed by atoms with Crippen LogP contribution >= 0.6 is 0 Å². The second-order valence-corrected chi connectivity index (χ2v) is 5.84. The van der Waals surface area contributed by atoms with Crippen molar-refractivity contribution in [3.8, 4) is 0 Å². The van der Waals surface area contributed by atoms with Gasteiger partial charge in [0.15, 0.2) is 5.78 Å². The maximum absolute atomic E-state index is 12.5. The lowest BCUT2D eigenvalue weighted by Crippen LogP contribution is -2.15. The number of aromatic nitrogens is 1. The Morgan fingerprint density at radius 1 is 1.00 bits per heavy atom. The van der Waals surface area contributed by atoms with Crippen LogP contribution < -0.4 is 0 Å². The molecule has 1 heterocycles. The van der Waals surface area contributed by atoms with Gasteiger partial charge in [-0.2, -0.15) is 0 Å². The van der Waals surface area contributed by atoms with Crippen LogP contribution in [0, 0.1) is 5.92 Å². The molecule has 114 valence electrons. The molecule has 0 unspecified atom stereocenters. The van der Waals surface area contributed by atoms with E-state index in [1.807, 2.05) is 18.3 Å². The summed E-state index contributed by atoms with van der Waals surface area (Å²) in [6.07, 6.45) is 14.0. The van der Waals surface area contributed by atoms with Crippen LogP contribution in [0.15, 0.2) is 18.3 Å². The molecule has 0 saturated carbocycles. The minimum absolute atomic E-state index is 0.224. The van der Waals surface area contributed by atoms with Gasteiger partial charge in [0.2, 0.25) is 0 Å². The standard InChI is InChI=1S/C18H31NO/c1-3-5-7-9-12-16(13-10-8-6-4-2)18(20)17-14-11-15-19-17/h11,14-16,19H,3-10,12-13H2,1-2H3. The van der Waals surface area contributed by atoms with E-state index < -0.39 is 0 Å². The topological polar surface area (TPSA) is 32.9 Å². The summed E-state index contributed by atoms with van der Waals surface area (Å²) in [6, 6.07) is 3.83. The quantitative estimate of drug-likeness (QED) is 0.382. The van der Waals surface area contributed by atoms with Crippen LogP contribution in [0.2, 0.25) is 0 Å². The van der Waals surface area contributed by atoms with Crippen molar-refractivity contribution in [3.63, 3.8) is 0 Å². The summed E-state index contributed by atoms with van der Waals surface area (Å²) in [5, 5.41) is 0. The second kappa shape index (κ2) is 10.7. The van der Waals surface area contributed by atoms with E-state index in [9.17, 15) is 4.79 Å². The van der Waals surface area contributed by atoms with E-state index in [1.165, 1.54) is 51.4 Å². The van der Waals surface area contributed by atoms with E-state index >= 15 is 0 Å². The van der Waals surface area contributed by atoms with Gasteiger partial charge < -0.3 is 4.98 Å². The lowest BCUT2D eigenvalue weighted by Gasteiger charge is -2.15. The zero-order valence-corrected chi connectivity index (χ0v) is 13.3. The van der Waals surface area contributed by atoms with Crippen molar-refractivity contribution in [3.05, 3.63) is 24.0 Å². The van der Waals surface area contributed by atoms with Crippen LogP contribution in [0.25, 0.3) is 0 Å². The van der Waals surface area contributed by atoms with E-state index in [1.54, 1.807) is 0 Å². The first kappa shape index (κ1) is 17.0. The SMILES string of the molecule is CCCCCCC(CCCCCC)C(=O)c1ccc[nH]1. The van der Waals surface area contributed by atoms with Crippen molar-refractivity contribution < 1.29 is 4.79 Å². The Morgan fingerprint density at radius 3 is 2.05 bits per heavy atom. The molecule has 20 heavy (non-hydrogen) atoms. The minimum Gasteiger partial charge on any atom is -0.359 e. The average Bonchev–Trinajstić information content (AvgIpc) is 2.99. The smallest absolute Gasteiger partial charge is 0.182 e. The molecule has 0 aliphatic rings. The Hall–Kier alpha value is -1.05. The van der Waals surface area contributed by atoms with Gasteiger partial charge in [-0.25, -0.2) is 0 Å². The Kier molecular flexibility index (Phi) is 9.10. The summed E-state index contributed by atoms with van der Waals surface area (Å²) in [5.74, 6) is 0.547. The van der Waals surface area contributed by atoms with Crippen molar-refractivity contribution in [2.75, 3.05) is 0 Å². The van der Waals surface area contributed by atoms with Crippen molar-refractivity contribution in [1.82, 2.24) is 4.98 Å². The summed E-state index contributed by atoms with van der Waals surface area (Å²) in [7, 11) is 0. The number of carbonyl (C=O) groups is 1. The molecule has 0 bridgehead atoms. The largest absolute Gasteiger partial charge is 0.359 e. The Labute approximate surface area is 124 Å². The van der Waals surface area contributed by atoms with E-state index in [0.29, 0.717) is 5.78 Å². The molecular weight excluding hydrogens is 246 g/mol.